The van der Waals surface area contributed by atoms with Crippen LogP contribution in [0.2, 0.25) is 0 Å². The smallest absolute Gasteiger partial charge is 0.420 e. The minimum absolute atomic E-state index is 0.0874. The third kappa shape index (κ3) is 4.98. The van der Waals surface area contributed by atoms with Crippen molar-refractivity contribution in [2.45, 2.75) is 38.4 Å². The highest BCUT2D eigenvalue weighted by Gasteiger charge is 2.34. The molecule has 1 atom stereocenters. The van der Waals surface area contributed by atoms with E-state index < -0.39 is 23.5 Å². The van der Waals surface area contributed by atoms with E-state index in [4.69, 9.17) is 0 Å². The molecular formula is C20H20F3N3O3. The molecule has 4 N–H and O–H groups in total. The van der Waals surface area contributed by atoms with Gasteiger partial charge >= 0.3 is 12.2 Å². The van der Waals surface area contributed by atoms with Crippen molar-refractivity contribution in [2.24, 2.45) is 0 Å². The van der Waals surface area contributed by atoms with Gasteiger partial charge in [-0.05, 0) is 60.7 Å². The molecule has 2 aromatic carbocycles. The van der Waals surface area contributed by atoms with Crippen LogP contribution in [0.25, 0.3) is 0 Å². The lowest BCUT2D eigenvalue weighted by Gasteiger charge is -2.27. The number of rotatable bonds is 3. The topological polar surface area (TPSA) is 90.5 Å². The maximum absolute atomic E-state index is 12.9. The van der Waals surface area contributed by atoms with E-state index in [1.54, 1.807) is 12.1 Å². The molecule has 0 spiro atoms. The molecule has 1 aliphatic carbocycles. The molecule has 9 heteroatoms. The zero-order valence-electron chi connectivity index (χ0n) is 15.6. The minimum atomic E-state index is -4.74. The molecule has 0 bridgehead atoms. The van der Waals surface area contributed by atoms with E-state index in [2.05, 4.69) is 16.0 Å². The number of nitrogens with one attached hydrogen (secondary N) is 3. The highest BCUT2D eigenvalue weighted by atomic mass is 19.4. The normalized spacial score (nSPS) is 15.9. The second-order valence-electron chi connectivity index (χ2n) is 6.87. The van der Waals surface area contributed by atoms with Crippen LogP contribution in [0.4, 0.5) is 29.3 Å². The highest BCUT2D eigenvalue weighted by molar-refractivity contribution is 5.90. The number of hydrogen-bond donors (Lipinski definition) is 4. The third-order valence-electron chi connectivity index (χ3n) is 4.65. The fourth-order valence-electron chi connectivity index (χ4n) is 3.40. The molecule has 0 radical (unpaired) electrons. The van der Waals surface area contributed by atoms with E-state index in [0.29, 0.717) is 18.2 Å². The Morgan fingerprint density at radius 2 is 1.76 bits per heavy atom. The quantitative estimate of drug-likeness (QED) is 0.562. The summed E-state index contributed by atoms with van der Waals surface area (Å²) in [5, 5.41) is 17.2. The van der Waals surface area contributed by atoms with Gasteiger partial charge in [0.1, 0.15) is 5.75 Å². The van der Waals surface area contributed by atoms with Gasteiger partial charge in [-0.25, -0.2) is 4.79 Å². The van der Waals surface area contributed by atoms with Crippen LogP contribution in [0.15, 0.2) is 36.4 Å². The molecular weight excluding hydrogens is 387 g/mol. The highest BCUT2D eigenvalue weighted by Crippen LogP contribution is 2.37. The number of anilines is 2. The number of phenolic OH excluding ortho intramolecular Hbond substituents is 1. The van der Waals surface area contributed by atoms with E-state index >= 15 is 0 Å². The molecule has 3 rings (SSSR count). The molecule has 0 aromatic heterocycles. The first-order valence-corrected chi connectivity index (χ1v) is 9.01. The second-order valence-corrected chi connectivity index (χ2v) is 6.87. The van der Waals surface area contributed by atoms with E-state index in [1.165, 1.54) is 13.0 Å². The number of phenols is 1. The summed E-state index contributed by atoms with van der Waals surface area (Å²) in [6.07, 6.45) is -2.40. The number of aromatic hydroxyl groups is 1. The summed E-state index contributed by atoms with van der Waals surface area (Å²) in [5.41, 5.74) is 1.20. The molecule has 0 saturated heterocycles. The van der Waals surface area contributed by atoms with Gasteiger partial charge in [-0.15, -0.1) is 0 Å². The monoisotopic (exact) mass is 407 g/mol. The second kappa shape index (κ2) is 8.02. The van der Waals surface area contributed by atoms with Gasteiger partial charge in [-0.3, -0.25) is 4.79 Å². The zero-order valence-corrected chi connectivity index (χ0v) is 15.6. The zero-order chi connectivity index (χ0) is 21.2. The predicted octanol–water partition coefficient (Wildman–Crippen LogP) is 4.57. The Hall–Kier alpha value is -3.23. The van der Waals surface area contributed by atoms with E-state index in [0.717, 1.165) is 30.0 Å². The summed E-state index contributed by atoms with van der Waals surface area (Å²) in [7, 11) is 0. The van der Waals surface area contributed by atoms with E-state index in [-0.39, 0.29) is 17.6 Å². The van der Waals surface area contributed by atoms with Crippen LogP contribution >= 0.6 is 0 Å². The molecule has 2 aromatic rings. The summed E-state index contributed by atoms with van der Waals surface area (Å²) in [6.45, 7) is 1.40. The number of fused-ring (bicyclic) bond motifs is 1. The van der Waals surface area contributed by atoms with Crippen LogP contribution in [0, 0.1) is 0 Å². The Balaban J connectivity index is 1.75. The molecule has 29 heavy (non-hydrogen) atoms. The molecule has 1 aliphatic rings. The molecule has 0 saturated carbocycles. The predicted molar refractivity (Wildman–Crippen MR) is 102 cm³/mol. The minimum Gasteiger partial charge on any atom is -0.507 e. The fraction of sp³-hybridized carbons (Fsp3) is 0.300. The van der Waals surface area contributed by atoms with E-state index in [1.807, 2.05) is 6.07 Å². The van der Waals surface area contributed by atoms with Crippen LogP contribution < -0.4 is 16.0 Å². The fourth-order valence-corrected chi connectivity index (χ4v) is 3.40. The SMILES string of the molecule is CC(=O)Nc1ccc2c(c1)C(NC(=O)Nc1ccc(O)c(C(F)(F)F)c1)CCC2. The van der Waals surface area contributed by atoms with Gasteiger partial charge in [0, 0.05) is 18.3 Å². The van der Waals surface area contributed by atoms with Gasteiger partial charge in [0.2, 0.25) is 5.91 Å². The van der Waals surface area contributed by atoms with Crippen molar-refractivity contribution < 1.29 is 27.9 Å². The standard InChI is InChI=1S/C20H20F3N3O3/c1-11(27)24-13-6-5-12-3-2-4-17(15(12)9-13)26-19(29)25-14-7-8-18(28)16(10-14)20(21,22)23/h5-10,17,28H,2-4H2,1H3,(H,24,27)(H2,25,26,29). The van der Waals surface area contributed by atoms with Gasteiger partial charge in [0.25, 0.3) is 0 Å². The molecule has 154 valence electrons. The lowest BCUT2D eigenvalue weighted by atomic mass is 9.87. The Morgan fingerprint density at radius 3 is 2.45 bits per heavy atom. The summed E-state index contributed by atoms with van der Waals surface area (Å²) < 4.78 is 38.7. The van der Waals surface area contributed by atoms with Crippen molar-refractivity contribution in [3.05, 3.63) is 53.1 Å². The first-order valence-electron chi connectivity index (χ1n) is 9.01. The van der Waals surface area contributed by atoms with Gasteiger partial charge in [0.15, 0.2) is 0 Å². The van der Waals surface area contributed by atoms with Crippen LogP contribution in [0.3, 0.4) is 0 Å². The van der Waals surface area contributed by atoms with Gasteiger partial charge in [-0.1, -0.05) is 6.07 Å². The van der Waals surface area contributed by atoms with Crippen LogP contribution in [0.1, 0.15) is 42.5 Å². The van der Waals surface area contributed by atoms with Crippen molar-refractivity contribution in [3.63, 3.8) is 0 Å². The number of benzene rings is 2. The molecule has 0 aliphatic heterocycles. The van der Waals surface area contributed by atoms with Crippen LogP contribution in [-0.2, 0) is 17.4 Å². The lowest BCUT2D eigenvalue weighted by molar-refractivity contribution is -0.138. The van der Waals surface area contributed by atoms with Crippen molar-refractivity contribution in [2.75, 3.05) is 10.6 Å². The number of halogens is 3. The van der Waals surface area contributed by atoms with Crippen LogP contribution in [-0.4, -0.2) is 17.0 Å². The summed E-state index contributed by atoms with van der Waals surface area (Å²) in [6, 6.07) is 7.22. The number of hydrogen-bond acceptors (Lipinski definition) is 3. The van der Waals surface area contributed by atoms with E-state index in [9.17, 15) is 27.9 Å². The first kappa shape index (κ1) is 20.5. The maximum Gasteiger partial charge on any atom is 0.420 e. The number of carbonyl (C=O) groups excluding carboxylic acids is 2. The first-order chi connectivity index (χ1) is 13.6. The van der Waals surface area contributed by atoms with Gasteiger partial charge < -0.3 is 21.1 Å². The van der Waals surface area contributed by atoms with Gasteiger partial charge in [-0.2, -0.15) is 13.2 Å². The Labute approximate surface area is 165 Å². The summed E-state index contributed by atoms with van der Waals surface area (Å²) >= 11 is 0. The number of urea groups is 1. The molecule has 0 fully saturated rings. The van der Waals surface area contributed by atoms with Crippen molar-refractivity contribution in [1.82, 2.24) is 5.32 Å². The molecule has 0 heterocycles. The van der Waals surface area contributed by atoms with Crippen molar-refractivity contribution in [1.29, 1.82) is 0 Å². The Morgan fingerprint density at radius 1 is 1.07 bits per heavy atom. The number of alkyl halides is 3. The number of aryl methyl sites for hydroxylation is 1. The summed E-state index contributed by atoms with van der Waals surface area (Å²) in [4.78, 5) is 23.6. The van der Waals surface area contributed by atoms with Crippen molar-refractivity contribution in [3.8, 4) is 5.75 Å². The Bertz CT molecular complexity index is 944. The average molecular weight is 407 g/mol. The third-order valence-corrected chi connectivity index (χ3v) is 4.65. The average Bonchev–Trinajstić information content (AvgIpc) is 2.62. The van der Waals surface area contributed by atoms with Gasteiger partial charge in [0.05, 0.1) is 11.6 Å². The summed E-state index contributed by atoms with van der Waals surface area (Å²) in [5.74, 6) is -1.12. The Kier molecular flexibility index (Phi) is 5.67. The van der Waals surface area contributed by atoms with Crippen molar-refractivity contribution >= 4 is 23.3 Å². The number of amides is 3. The molecule has 1 unspecified atom stereocenters. The molecule has 3 amide bonds. The number of carbonyl (C=O) groups is 2. The molecule has 6 nitrogen and oxygen atoms in total. The maximum atomic E-state index is 12.9. The lowest BCUT2D eigenvalue weighted by Crippen LogP contribution is -2.34. The van der Waals surface area contributed by atoms with Crippen LogP contribution in [0.5, 0.6) is 5.75 Å². The largest absolute Gasteiger partial charge is 0.507 e.